The molecule has 10 heteroatoms. The fraction of sp³-hybridized carbons (Fsp3) is 0.308. The van der Waals surface area contributed by atoms with Crippen molar-refractivity contribution in [3.63, 3.8) is 0 Å². The van der Waals surface area contributed by atoms with Gasteiger partial charge in [0.05, 0.1) is 24.5 Å². The van der Waals surface area contributed by atoms with Crippen LogP contribution in [0.1, 0.15) is 31.2 Å². The van der Waals surface area contributed by atoms with E-state index in [2.05, 4.69) is 10.3 Å². The molecule has 3 aromatic rings. The zero-order chi connectivity index (χ0) is 25.4. The van der Waals surface area contributed by atoms with Crippen LogP contribution in [-0.2, 0) is 16.1 Å². The van der Waals surface area contributed by atoms with Crippen LogP contribution in [0.15, 0.2) is 64.2 Å². The normalized spacial score (nSPS) is 16.0. The molecule has 0 radical (unpaired) electrons. The minimum atomic E-state index is -0.962. The van der Waals surface area contributed by atoms with E-state index in [0.29, 0.717) is 24.2 Å². The van der Waals surface area contributed by atoms with Crippen molar-refractivity contribution in [2.24, 2.45) is 0 Å². The van der Waals surface area contributed by atoms with Crippen molar-refractivity contribution in [1.82, 2.24) is 9.55 Å². The number of carbonyl (C=O) groups is 2. The van der Waals surface area contributed by atoms with E-state index in [1.807, 2.05) is 42.5 Å². The number of hydrogen-bond acceptors (Lipinski definition) is 6. The van der Waals surface area contributed by atoms with E-state index in [0.717, 1.165) is 18.4 Å². The first-order chi connectivity index (χ1) is 17.3. The summed E-state index contributed by atoms with van der Waals surface area (Å²) in [5.74, 6) is -0.556. The van der Waals surface area contributed by atoms with Crippen LogP contribution in [0.3, 0.4) is 0 Å². The smallest absolute Gasteiger partial charge is 0.330 e. The molecule has 0 atom stereocenters. The number of hydrogen-bond donors (Lipinski definition) is 3. The van der Waals surface area contributed by atoms with Crippen molar-refractivity contribution in [1.29, 1.82) is 0 Å². The Kier molecular flexibility index (Phi) is 5.87. The number of carbonyl (C=O) groups excluding carboxylic acids is 2. The first-order valence-corrected chi connectivity index (χ1v) is 11.9. The van der Waals surface area contributed by atoms with Crippen LogP contribution in [0.5, 0.6) is 0 Å². The van der Waals surface area contributed by atoms with Gasteiger partial charge in [-0.05, 0) is 30.5 Å². The number of likely N-dealkylation sites (N-methyl/N-ethyl adjacent to an activating group) is 1. The van der Waals surface area contributed by atoms with Crippen LogP contribution in [0.2, 0.25) is 0 Å². The molecule has 1 aromatic heterocycles. The summed E-state index contributed by atoms with van der Waals surface area (Å²) in [7, 11) is 1.58. The van der Waals surface area contributed by atoms with Gasteiger partial charge in [0.1, 0.15) is 17.0 Å². The van der Waals surface area contributed by atoms with Gasteiger partial charge in [-0.3, -0.25) is 28.8 Å². The lowest BCUT2D eigenvalue weighted by molar-refractivity contribution is -0.126. The molecule has 1 fully saturated rings. The molecule has 36 heavy (non-hydrogen) atoms. The highest BCUT2D eigenvalue weighted by Gasteiger charge is 2.52. The average Bonchev–Trinajstić information content (AvgIpc) is 3.33. The lowest BCUT2D eigenvalue weighted by Gasteiger charge is -2.44. The van der Waals surface area contributed by atoms with Gasteiger partial charge in [-0.1, -0.05) is 55.3 Å². The van der Waals surface area contributed by atoms with Gasteiger partial charge in [0, 0.05) is 7.05 Å². The Morgan fingerprint density at radius 1 is 1.03 bits per heavy atom. The van der Waals surface area contributed by atoms with Crippen LogP contribution in [-0.4, -0.2) is 40.5 Å². The van der Waals surface area contributed by atoms with Crippen LogP contribution in [0, 0.1) is 0 Å². The van der Waals surface area contributed by atoms with Gasteiger partial charge in [-0.2, -0.15) is 0 Å². The fourth-order valence-electron chi connectivity index (χ4n) is 5.35. The van der Waals surface area contributed by atoms with Crippen LogP contribution in [0.4, 0.5) is 22.9 Å². The van der Waals surface area contributed by atoms with Crippen LogP contribution >= 0.6 is 0 Å². The summed E-state index contributed by atoms with van der Waals surface area (Å²) in [5.41, 5.74) is 6.11. The van der Waals surface area contributed by atoms with Gasteiger partial charge in [-0.25, -0.2) is 4.79 Å². The molecule has 2 aliphatic rings. The number of benzene rings is 2. The minimum absolute atomic E-state index is 0.0223. The number of para-hydroxylation sites is 2. The molecule has 1 aliphatic heterocycles. The summed E-state index contributed by atoms with van der Waals surface area (Å²) in [6.45, 7) is -0.0416. The molecule has 10 nitrogen and oxygen atoms in total. The van der Waals surface area contributed by atoms with Crippen molar-refractivity contribution in [2.75, 3.05) is 34.4 Å². The van der Waals surface area contributed by atoms with Crippen molar-refractivity contribution >= 4 is 34.7 Å². The first kappa shape index (κ1) is 23.4. The molecule has 0 unspecified atom stereocenters. The quantitative estimate of drug-likeness (QED) is 0.502. The Hall–Kier alpha value is -4.34. The molecule has 0 saturated heterocycles. The van der Waals surface area contributed by atoms with Crippen molar-refractivity contribution < 1.29 is 9.59 Å². The minimum Gasteiger partial charge on any atom is -0.383 e. The molecule has 186 valence electrons. The third-order valence-electron chi connectivity index (χ3n) is 7.08. The monoisotopic (exact) mass is 488 g/mol. The summed E-state index contributed by atoms with van der Waals surface area (Å²) in [6, 6.07) is 16.5. The molecule has 2 amide bonds. The van der Waals surface area contributed by atoms with Crippen molar-refractivity contribution in [3.8, 4) is 0 Å². The highest BCUT2D eigenvalue weighted by molar-refractivity contribution is 6.15. The molecule has 5 rings (SSSR count). The number of anilines is 4. The number of rotatable bonds is 5. The average molecular weight is 489 g/mol. The lowest BCUT2D eigenvalue weighted by Crippen LogP contribution is -2.62. The Balaban J connectivity index is 1.49. The molecule has 4 N–H and O–H groups in total. The molecule has 1 aliphatic carbocycles. The predicted octanol–water partition coefficient (Wildman–Crippen LogP) is 1.90. The van der Waals surface area contributed by atoms with E-state index < -0.39 is 16.8 Å². The first-order valence-electron chi connectivity index (χ1n) is 11.9. The second-order valence-electron chi connectivity index (χ2n) is 9.36. The van der Waals surface area contributed by atoms with E-state index >= 15 is 0 Å². The Morgan fingerprint density at radius 3 is 2.42 bits per heavy atom. The number of nitrogens with one attached hydrogen (secondary N) is 2. The SMILES string of the molecule is CN(CC(=O)N1c2ccccc2NC(=O)C12CCCC2)c1c(N)n(Cc2ccccc2)c(=O)[nH]c1=O. The van der Waals surface area contributed by atoms with Gasteiger partial charge in [0.25, 0.3) is 11.5 Å². The van der Waals surface area contributed by atoms with Crippen molar-refractivity contribution in [2.45, 2.75) is 37.8 Å². The van der Waals surface area contributed by atoms with Gasteiger partial charge in [-0.15, -0.1) is 0 Å². The maximum absolute atomic E-state index is 13.8. The standard InChI is InChI=1S/C26H28N6O4/c1-30(21-22(27)31(25(36)29-23(21)34)15-17-9-3-2-4-10-17)16-20(33)32-19-12-6-5-11-18(19)28-24(35)26(32)13-7-8-14-26/h2-6,9-12H,7-8,13-16,27H2,1H3,(H,28,35)(H,29,34,36). The van der Waals surface area contributed by atoms with E-state index in [9.17, 15) is 19.2 Å². The molecule has 2 aromatic carbocycles. The molecule has 1 saturated carbocycles. The Labute approximate surface area is 207 Å². The lowest BCUT2D eigenvalue weighted by atomic mass is 9.89. The highest BCUT2D eigenvalue weighted by atomic mass is 16.2. The number of aromatic amines is 1. The Morgan fingerprint density at radius 2 is 1.69 bits per heavy atom. The molecular formula is C26H28N6O4. The third kappa shape index (κ3) is 3.84. The third-order valence-corrected chi connectivity index (χ3v) is 7.08. The fourth-order valence-corrected chi connectivity index (χ4v) is 5.35. The second-order valence-corrected chi connectivity index (χ2v) is 9.36. The largest absolute Gasteiger partial charge is 0.383 e. The molecule has 1 spiro atoms. The topological polar surface area (TPSA) is 134 Å². The number of amides is 2. The molecular weight excluding hydrogens is 460 g/mol. The summed E-state index contributed by atoms with van der Waals surface area (Å²) >= 11 is 0. The number of nitrogens with zero attached hydrogens (tertiary/aromatic N) is 3. The highest BCUT2D eigenvalue weighted by Crippen LogP contribution is 2.45. The van der Waals surface area contributed by atoms with E-state index in [1.54, 1.807) is 24.1 Å². The summed E-state index contributed by atoms with van der Waals surface area (Å²) < 4.78 is 1.27. The second kappa shape index (κ2) is 9.03. The number of nitrogens with two attached hydrogens (primary N) is 1. The van der Waals surface area contributed by atoms with Crippen LogP contribution in [0.25, 0.3) is 0 Å². The van der Waals surface area contributed by atoms with Gasteiger partial charge in [0.2, 0.25) is 5.91 Å². The van der Waals surface area contributed by atoms with E-state index in [1.165, 1.54) is 9.47 Å². The number of fused-ring (bicyclic) bond motifs is 1. The number of H-pyrrole nitrogens is 1. The summed E-state index contributed by atoms with van der Waals surface area (Å²) in [5, 5.41) is 2.96. The predicted molar refractivity (Wildman–Crippen MR) is 138 cm³/mol. The zero-order valence-corrected chi connectivity index (χ0v) is 20.0. The number of nitrogen functional groups attached to an aromatic ring is 1. The summed E-state index contributed by atoms with van der Waals surface area (Å²) in [4.78, 5) is 57.7. The Bertz CT molecular complexity index is 1440. The van der Waals surface area contributed by atoms with Gasteiger partial charge in [0.15, 0.2) is 0 Å². The van der Waals surface area contributed by atoms with E-state index in [4.69, 9.17) is 5.73 Å². The summed E-state index contributed by atoms with van der Waals surface area (Å²) in [6.07, 6.45) is 2.80. The molecule has 0 bridgehead atoms. The zero-order valence-electron chi connectivity index (χ0n) is 20.0. The van der Waals surface area contributed by atoms with Gasteiger partial charge < -0.3 is 16.0 Å². The van der Waals surface area contributed by atoms with Crippen molar-refractivity contribution in [3.05, 3.63) is 81.0 Å². The number of aromatic nitrogens is 2. The van der Waals surface area contributed by atoms with E-state index in [-0.39, 0.29) is 36.4 Å². The molecule has 2 heterocycles. The van der Waals surface area contributed by atoms with Gasteiger partial charge >= 0.3 is 5.69 Å². The van der Waals surface area contributed by atoms with Crippen LogP contribution < -0.4 is 32.1 Å². The maximum atomic E-state index is 13.8. The maximum Gasteiger partial charge on any atom is 0.330 e.